The lowest BCUT2D eigenvalue weighted by molar-refractivity contribution is 0.213. The molecule has 4 rings (SSSR count). The molecule has 0 bridgehead atoms. The number of allylic oxidation sites excluding steroid dienone is 2. The normalized spacial score (nSPS) is 23.4. The van der Waals surface area contributed by atoms with E-state index in [2.05, 4.69) is 42.8 Å². The maximum atomic E-state index is 8.81. The van der Waals surface area contributed by atoms with E-state index in [-0.39, 0.29) is 0 Å². The van der Waals surface area contributed by atoms with E-state index in [1.54, 1.807) is 7.05 Å². The summed E-state index contributed by atoms with van der Waals surface area (Å²) in [5, 5.41) is 17.6. The van der Waals surface area contributed by atoms with E-state index < -0.39 is 0 Å². The number of likely N-dealkylation sites (tertiary alicyclic amines) is 1. The zero-order chi connectivity index (χ0) is 23.9. The molecule has 0 amide bonds. The van der Waals surface area contributed by atoms with Gasteiger partial charge in [0.1, 0.15) is 5.84 Å². The van der Waals surface area contributed by atoms with Crippen LogP contribution in [0.3, 0.4) is 0 Å². The van der Waals surface area contributed by atoms with Crippen molar-refractivity contribution in [2.24, 2.45) is 21.7 Å². The number of piperazine rings is 1. The molecular weight excluding hydrogens is 448 g/mol. The summed E-state index contributed by atoms with van der Waals surface area (Å²) in [6.45, 7) is 5.22. The first-order valence-electron chi connectivity index (χ1n) is 11.9. The number of hydrogen-bond acceptors (Lipinski definition) is 7. The number of hydrazone groups is 1. The third-order valence-electron chi connectivity index (χ3n) is 6.73. The Bertz CT molecular complexity index is 1040. The second kappa shape index (κ2) is 11.4. The Labute approximate surface area is 206 Å². The van der Waals surface area contributed by atoms with Crippen LogP contribution in [0.15, 0.2) is 57.5 Å². The van der Waals surface area contributed by atoms with Crippen LogP contribution in [-0.4, -0.2) is 61.1 Å². The highest BCUT2D eigenvalue weighted by Crippen LogP contribution is 2.26. The molecule has 9 heteroatoms. The molecule has 0 atom stereocenters. The summed E-state index contributed by atoms with van der Waals surface area (Å²) in [4.78, 5) is 9.08. The van der Waals surface area contributed by atoms with Gasteiger partial charge in [0.05, 0.1) is 23.2 Å². The van der Waals surface area contributed by atoms with E-state index in [4.69, 9.17) is 22.6 Å². The van der Waals surface area contributed by atoms with Crippen LogP contribution in [-0.2, 0) is 6.54 Å². The summed E-state index contributed by atoms with van der Waals surface area (Å²) in [6.07, 6.45) is 5.48. The Balaban J connectivity index is 1.45. The zero-order valence-electron chi connectivity index (χ0n) is 19.7. The largest absolute Gasteiger partial charge is 0.397 e. The molecule has 0 unspecified atom stereocenters. The molecule has 1 aromatic carbocycles. The summed E-state index contributed by atoms with van der Waals surface area (Å²) in [6, 6.07) is 10.2. The molecule has 8 nitrogen and oxygen atoms in total. The van der Waals surface area contributed by atoms with Crippen LogP contribution in [0.2, 0.25) is 5.02 Å². The summed E-state index contributed by atoms with van der Waals surface area (Å²) in [7, 11) is 1.79. The molecule has 180 valence electrons. The fourth-order valence-electron chi connectivity index (χ4n) is 4.75. The minimum atomic E-state index is 0.463. The average molecular weight is 481 g/mol. The van der Waals surface area contributed by atoms with E-state index in [0.29, 0.717) is 24.6 Å². The lowest BCUT2D eigenvalue weighted by Crippen LogP contribution is -2.45. The Hall–Kier alpha value is -3.02. The summed E-state index contributed by atoms with van der Waals surface area (Å²) in [5.41, 5.74) is 14.6. The highest BCUT2D eigenvalue weighted by molar-refractivity contribution is 6.31. The van der Waals surface area contributed by atoms with Crippen molar-refractivity contribution in [1.29, 1.82) is 5.26 Å². The van der Waals surface area contributed by atoms with Crippen LogP contribution >= 0.6 is 11.6 Å². The molecule has 4 N–H and O–H groups in total. The summed E-state index contributed by atoms with van der Waals surface area (Å²) in [5.74, 6) is 1.29. The number of nitrogens with one attached hydrogen (secondary N) is 2. The van der Waals surface area contributed by atoms with E-state index in [1.165, 1.54) is 5.71 Å². The quantitative estimate of drug-likeness (QED) is 0.578. The predicted molar refractivity (Wildman–Crippen MR) is 137 cm³/mol. The summed E-state index contributed by atoms with van der Waals surface area (Å²) < 4.78 is 0. The SMILES string of the molecule is CN=C1NCCN(Cc2ccccc2Cl)C1=CC(N)=C1CC(C2CCN(CCC#N)CC2)=NN1. The fourth-order valence-corrected chi connectivity index (χ4v) is 4.95. The standard InChI is InChI=1S/C25H33ClN8/c1-29-25-24(34(14-10-30-25)17-19-5-2-3-6-20(19)26)15-21(28)23-16-22(31-32-23)18-7-12-33(13-8-18)11-4-9-27/h2-3,5-6,15,18,32H,4,7-8,10-14,16-17,28H2,1H3,(H,29,30). The molecule has 0 saturated carbocycles. The molecule has 2 saturated heterocycles. The number of nitriles is 1. The number of hydrogen-bond donors (Lipinski definition) is 3. The first kappa shape index (κ1) is 24.1. The van der Waals surface area contributed by atoms with Gasteiger partial charge in [0.25, 0.3) is 0 Å². The first-order chi connectivity index (χ1) is 16.6. The number of amidine groups is 1. The molecule has 0 radical (unpaired) electrons. The molecule has 3 heterocycles. The number of halogens is 1. The van der Waals surface area contributed by atoms with Crippen molar-refractivity contribution >= 4 is 23.1 Å². The van der Waals surface area contributed by atoms with Gasteiger partial charge in [-0.3, -0.25) is 10.4 Å². The van der Waals surface area contributed by atoms with Crippen molar-refractivity contribution in [3.8, 4) is 6.07 Å². The topological polar surface area (TPSA) is 105 Å². The highest BCUT2D eigenvalue weighted by atomic mass is 35.5. The number of benzene rings is 1. The van der Waals surface area contributed by atoms with Gasteiger partial charge in [0, 0.05) is 62.7 Å². The van der Waals surface area contributed by atoms with Crippen molar-refractivity contribution in [2.45, 2.75) is 32.2 Å². The predicted octanol–water partition coefficient (Wildman–Crippen LogP) is 2.80. The zero-order valence-corrected chi connectivity index (χ0v) is 20.5. The van der Waals surface area contributed by atoms with Crippen LogP contribution in [0.25, 0.3) is 0 Å². The van der Waals surface area contributed by atoms with Gasteiger partial charge < -0.3 is 20.9 Å². The maximum Gasteiger partial charge on any atom is 0.144 e. The first-order valence-corrected chi connectivity index (χ1v) is 12.3. The Morgan fingerprint density at radius 2 is 2.12 bits per heavy atom. The molecular formula is C25H33ClN8. The van der Waals surface area contributed by atoms with Crippen molar-refractivity contribution in [3.05, 3.63) is 58.0 Å². The second-order valence-electron chi connectivity index (χ2n) is 8.89. The minimum Gasteiger partial charge on any atom is -0.397 e. The molecule has 0 aliphatic carbocycles. The third-order valence-corrected chi connectivity index (χ3v) is 7.10. The van der Waals surface area contributed by atoms with E-state index in [1.807, 2.05) is 24.3 Å². The molecule has 3 aliphatic rings. The number of nitrogens with zero attached hydrogens (tertiary/aromatic N) is 5. The van der Waals surface area contributed by atoms with Crippen LogP contribution in [0.5, 0.6) is 0 Å². The monoisotopic (exact) mass is 480 g/mol. The smallest absolute Gasteiger partial charge is 0.144 e. The van der Waals surface area contributed by atoms with Crippen LogP contribution < -0.4 is 16.5 Å². The van der Waals surface area contributed by atoms with E-state index in [0.717, 1.165) is 79.8 Å². The molecule has 2 fully saturated rings. The van der Waals surface area contributed by atoms with Crippen molar-refractivity contribution in [2.75, 3.05) is 39.8 Å². The van der Waals surface area contributed by atoms with Gasteiger partial charge in [-0.25, -0.2) is 0 Å². The van der Waals surface area contributed by atoms with Crippen LogP contribution in [0.1, 0.15) is 31.2 Å². The lowest BCUT2D eigenvalue weighted by atomic mass is 9.90. The number of nitrogens with two attached hydrogens (primary N) is 1. The van der Waals surface area contributed by atoms with Gasteiger partial charge in [-0.1, -0.05) is 29.8 Å². The van der Waals surface area contributed by atoms with Crippen LogP contribution in [0.4, 0.5) is 0 Å². The second-order valence-corrected chi connectivity index (χ2v) is 9.30. The van der Waals surface area contributed by atoms with Crippen LogP contribution in [0, 0.1) is 17.2 Å². The number of piperidine rings is 1. The van der Waals surface area contributed by atoms with Crippen molar-refractivity contribution in [3.63, 3.8) is 0 Å². The molecule has 0 aromatic heterocycles. The minimum absolute atomic E-state index is 0.463. The highest BCUT2D eigenvalue weighted by Gasteiger charge is 2.28. The van der Waals surface area contributed by atoms with Gasteiger partial charge >= 0.3 is 0 Å². The molecule has 3 aliphatic heterocycles. The van der Waals surface area contributed by atoms with Gasteiger partial charge in [-0.2, -0.15) is 10.4 Å². The Morgan fingerprint density at radius 3 is 2.85 bits per heavy atom. The average Bonchev–Trinajstić information content (AvgIpc) is 3.36. The van der Waals surface area contributed by atoms with Gasteiger partial charge in [0.2, 0.25) is 0 Å². The van der Waals surface area contributed by atoms with E-state index >= 15 is 0 Å². The Kier molecular flexibility index (Phi) is 8.09. The van der Waals surface area contributed by atoms with Crippen molar-refractivity contribution < 1.29 is 0 Å². The van der Waals surface area contributed by atoms with Gasteiger partial charge in [-0.05, 0) is 43.6 Å². The molecule has 1 aromatic rings. The van der Waals surface area contributed by atoms with Gasteiger partial charge in [-0.15, -0.1) is 0 Å². The van der Waals surface area contributed by atoms with E-state index in [9.17, 15) is 0 Å². The third kappa shape index (κ3) is 5.72. The number of rotatable bonds is 6. The fraction of sp³-hybridized carbons (Fsp3) is 0.480. The molecule has 34 heavy (non-hydrogen) atoms. The lowest BCUT2D eigenvalue weighted by Gasteiger charge is -2.34. The number of aliphatic imine (C=N–C) groups is 1. The molecule has 0 spiro atoms. The maximum absolute atomic E-state index is 8.81. The van der Waals surface area contributed by atoms with Crippen molar-refractivity contribution in [1.82, 2.24) is 20.5 Å². The van der Waals surface area contributed by atoms with Gasteiger partial charge in [0.15, 0.2) is 0 Å². The summed E-state index contributed by atoms with van der Waals surface area (Å²) >= 11 is 6.43. The Morgan fingerprint density at radius 1 is 1.32 bits per heavy atom.